The first-order valence-electron chi connectivity index (χ1n) is 6.71. The van der Waals surface area contributed by atoms with Crippen molar-refractivity contribution in [2.45, 2.75) is 40.2 Å². The van der Waals surface area contributed by atoms with E-state index in [4.69, 9.17) is 0 Å². The van der Waals surface area contributed by atoms with Gasteiger partial charge < -0.3 is 4.90 Å². The molecular formula is C16H22N2O. The molecule has 0 atom stereocenters. The van der Waals surface area contributed by atoms with Crippen molar-refractivity contribution in [2.75, 3.05) is 7.05 Å². The summed E-state index contributed by atoms with van der Waals surface area (Å²) >= 11 is 0. The highest BCUT2D eigenvalue weighted by molar-refractivity contribution is 5.85. The van der Waals surface area contributed by atoms with E-state index in [-0.39, 0.29) is 5.91 Å². The molecule has 1 rings (SSSR count). The first-order chi connectivity index (χ1) is 8.99. The van der Waals surface area contributed by atoms with Crippen LogP contribution in [0.25, 0.3) is 0 Å². The first-order valence-corrected chi connectivity index (χ1v) is 6.71. The van der Waals surface area contributed by atoms with E-state index in [1.807, 2.05) is 45.0 Å². The van der Waals surface area contributed by atoms with Crippen molar-refractivity contribution in [3.63, 3.8) is 0 Å². The third-order valence-electron chi connectivity index (χ3n) is 3.72. The lowest BCUT2D eigenvalue weighted by Crippen LogP contribution is -2.40. The molecule has 1 aromatic carbocycles. The number of hydrogen-bond donors (Lipinski definition) is 0. The van der Waals surface area contributed by atoms with Gasteiger partial charge in [0.2, 0.25) is 5.91 Å². The summed E-state index contributed by atoms with van der Waals surface area (Å²) in [6.07, 6.45) is 1.11. The quantitative estimate of drug-likeness (QED) is 0.813. The van der Waals surface area contributed by atoms with Crippen LogP contribution in [0.4, 0.5) is 0 Å². The fraction of sp³-hybridized carbons (Fsp3) is 0.500. The lowest BCUT2D eigenvalue weighted by molar-refractivity contribution is -0.138. The van der Waals surface area contributed by atoms with Crippen molar-refractivity contribution in [3.05, 3.63) is 35.4 Å². The van der Waals surface area contributed by atoms with Crippen LogP contribution in [0.1, 0.15) is 37.8 Å². The highest BCUT2D eigenvalue weighted by Crippen LogP contribution is 2.28. The minimum atomic E-state index is -0.876. The van der Waals surface area contributed by atoms with Crippen molar-refractivity contribution in [1.29, 1.82) is 5.26 Å². The second kappa shape index (κ2) is 6.38. The number of carbonyl (C=O) groups excluding carboxylic acids is 1. The van der Waals surface area contributed by atoms with E-state index in [0.29, 0.717) is 19.4 Å². The second-order valence-corrected chi connectivity index (χ2v) is 5.05. The molecule has 0 aliphatic rings. The van der Waals surface area contributed by atoms with Crippen molar-refractivity contribution in [1.82, 2.24) is 4.90 Å². The molecule has 0 unspecified atom stereocenters. The molecule has 0 saturated heterocycles. The predicted molar refractivity (Wildman–Crippen MR) is 76.3 cm³/mol. The number of aryl methyl sites for hydroxylation is 1. The Balaban J connectivity index is 2.83. The van der Waals surface area contributed by atoms with Crippen LogP contribution in [0.5, 0.6) is 0 Å². The van der Waals surface area contributed by atoms with Crippen molar-refractivity contribution in [2.24, 2.45) is 5.41 Å². The summed E-state index contributed by atoms with van der Waals surface area (Å²) < 4.78 is 0. The molecule has 3 heteroatoms. The number of rotatable bonds is 5. The van der Waals surface area contributed by atoms with Gasteiger partial charge in [0.1, 0.15) is 5.41 Å². The molecule has 1 aromatic rings. The zero-order valence-electron chi connectivity index (χ0n) is 12.2. The Bertz CT molecular complexity index is 467. The number of nitriles is 1. The van der Waals surface area contributed by atoms with Crippen LogP contribution in [0.15, 0.2) is 24.3 Å². The van der Waals surface area contributed by atoms with E-state index in [2.05, 4.69) is 6.07 Å². The summed E-state index contributed by atoms with van der Waals surface area (Å²) in [6, 6.07) is 10.3. The monoisotopic (exact) mass is 258 g/mol. The molecule has 19 heavy (non-hydrogen) atoms. The smallest absolute Gasteiger partial charge is 0.243 e. The van der Waals surface area contributed by atoms with Gasteiger partial charge in [-0.2, -0.15) is 5.26 Å². The molecule has 0 heterocycles. The van der Waals surface area contributed by atoms with Crippen LogP contribution in [0, 0.1) is 23.7 Å². The van der Waals surface area contributed by atoms with Gasteiger partial charge in [-0.1, -0.05) is 43.7 Å². The predicted octanol–water partition coefficient (Wildman–Crippen LogP) is 3.28. The summed E-state index contributed by atoms with van der Waals surface area (Å²) in [6.45, 7) is 6.37. The molecule has 0 aliphatic heterocycles. The van der Waals surface area contributed by atoms with Crippen LogP contribution in [0.2, 0.25) is 0 Å². The van der Waals surface area contributed by atoms with Crippen LogP contribution >= 0.6 is 0 Å². The number of carbonyl (C=O) groups is 1. The SMILES string of the molecule is CCC(C#N)(CC)C(=O)N(C)Cc1ccc(C)cc1. The standard InChI is InChI=1S/C16H22N2O/c1-5-16(6-2,12-17)15(19)18(4)11-14-9-7-13(3)8-10-14/h7-10H,5-6,11H2,1-4H3. The lowest BCUT2D eigenvalue weighted by Gasteiger charge is -2.28. The Labute approximate surface area is 115 Å². The average Bonchev–Trinajstić information content (AvgIpc) is 2.43. The second-order valence-electron chi connectivity index (χ2n) is 5.05. The number of benzene rings is 1. The number of hydrogen-bond acceptors (Lipinski definition) is 2. The molecule has 1 amide bonds. The molecule has 0 fully saturated rings. The van der Waals surface area contributed by atoms with E-state index in [1.54, 1.807) is 11.9 Å². The summed E-state index contributed by atoms with van der Waals surface area (Å²) in [5.74, 6) is -0.0828. The topological polar surface area (TPSA) is 44.1 Å². The van der Waals surface area contributed by atoms with Gasteiger partial charge in [-0.05, 0) is 25.3 Å². The molecule has 0 radical (unpaired) electrons. The highest BCUT2D eigenvalue weighted by Gasteiger charge is 2.37. The van der Waals surface area contributed by atoms with E-state index in [1.165, 1.54) is 5.56 Å². The number of amides is 1. The fourth-order valence-corrected chi connectivity index (χ4v) is 2.16. The lowest BCUT2D eigenvalue weighted by atomic mass is 9.82. The Kier molecular flexibility index (Phi) is 5.11. The van der Waals surface area contributed by atoms with Gasteiger partial charge in [0.25, 0.3) is 0 Å². The van der Waals surface area contributed by atoms with E-state index < -0.39 is 5.41 Å². The van der Waals surface area contributed by atoms with E-state index in [0.717, 1.165) is 5.56 Å². The largest absolute Gasteiger partial charge is 0.340 e. The third kappa shape index (κ3) is 3.35. The van der Waals surface area contributed by atoms with E-state index in [9.17, 15) is 10.1 Å². The average molecular weight is 258 g/mol. The molecule has 0 N–H and O–H groups in total. The maximum atomic E-state index is 12.4. The van der Waals surface area contributed by atoms with Gasteiger partial charge >= 0.3 is 0 Å². The molecule has 3 nitrogen and oxygen atoms in total. The minimum Gasteiger partial charge on any atom is -0.340 e. The highest BCUT2D eigenvalue weighted by atomic mass is 16.2. The van der Waals surface area contributed by atoms with Gasteiger partial charge in [-0.3, -0.25) is 4.79 Å². The van der Waals surface area contributed by atoms with Crippen molar-refractivity contribution < 1.29 is 4.79 Å². The van der Waals surface area contributed by atoms with Crippen LogP contribution in [-0.4, -0.2) is 17.9 Å². The van der Waals surface area contributed by atoms with Crippen LogP contribution in [-0.2, 0) is 11.3 Å². The van der Waals surface area contributed by atoms with Crippen LogP contribution in [0.3, 0.4) is 0 Å². The summed E-state index contributed by atoms with van der Waals surface area (Å²) in [4.78, 5) is 14.1. The zero-order chi connectivity index (χ0) is 14.5. The maximum Gasteiger partial charge on any atom is 0.243 e. The maximum absolute atomic E-state index is 12.4. The normalized spacial score (nSPS) is 10.9. The van der Waals surface area contributed by atoms with Gasteiger partial charge in [-0.15, -0.1) is 0 Å². The van der Waals surface area contributed by atoms with Crippen molar-refractivity contribution >= 4 is 5.91 Å². The summed E-state index contributed by atoms with van der Waals surface area (Å²) in [7, 11) is 1.76. The molecular weight excluding hydrogens is 236 g/mol. The van der Waals surface area contributed by atoms with Crippen molar-refractivity contribution in [3.8, 4) is 6.07 Å². The van der Waals surface area contributed by atoms with Gasteiger partial charge in [-0.25, -0.2) is 0 Å². The molecule has 0 aliphatic carbocycles. The summed E-state index contributed by atoms with van der Waals surface area (Å²) in [5.41, 5.74) is 1.41. The molecule has 102 valence electrons. The van der Waals surface area contributed by atoms with Gasteiger partial charge in [0.05, 0.1) is 6.07 Å². The Morgan fingerprint density at radius 3 is 2.21 bits per heavy atom. The Morgan fingerprint density at radius 2 is 1.79 bits per heavy atom. The zero-order valence-corrected chi connectivity index (χ0v) is 12.2. The molecule has 0 spiro atoms. The van der Waals surface area contributed by atoms with Gasteiger partial charge in [0.15, 0.2) is 0 Å². The Hall–Kier alpha value is -1.82. The molecule has 0 saturated carbocycles. The fourth-order valence-electron chi connectivity index (χ4n) is 2.16. The van der Waals surface area contributed by atoms with Gasteiger partial charge in [0, 0.05) is 13.6 Å². The van der Waals surface area contributed by atoms with Crippen LogP contribution < -0.4 is 0 Å². The first kappa shape index (κ1) is 15.2. The van der Waals surface area contributed by atoms with E-state index >= 15 is 0 Å². The number of nitrogens with zero attached hydrogens (tertiary/aromatic N) is 2. The Morgan fingerprint density at radius 1 is 1.26 bits per heavy atom. The minimum absolute atomic E-state index is 0.0828. The third-order valence-corrected chi connectivity index (χ3v) is 3.72. The molecule has 0 bridgehead atoms. The molecule has 0 aromatic heterocycles. The summed E-state index contributed by atoms with van der Waals surface area (Å²) in [5, 5.41) is 9.30.